The molecule has 2 N–H and O–H groups in total. The van der Waals surface area contributed by atoms with Crippen LogP contribution >= 0.6 is 12.2 Å². The lowest BCUT2D eigenvalue weighted by Gasteiger charge is -2.09. The molecule has 0 unspecified atom stereocenters. The highest BCUT2D eigenvalue weighted by Crippen LogP contribution is 2.19. The van der Waals surface area contributed by atoms with Gasteiger partial charge in [0.1, 0.15) is 17.0 Å². The summed E-state index contributed by atoms with van der Waals surface area (Å²) in [5.74, 6) is 0.670. The van der Waals surface area contributed by atoms with E-state index in [4.69, 9.17) is 12.2 Å². The summed E-state index contributed by atoms with van der Waals surface area (Å²) >= 11 is 5.26. The van der Waals surface area contributed by atoms with Gasteiger partial charge in [0.2, 0.25) is 0 Å². The topological polar surface area (TPSA) is 75.1 Å². The fourth-order valence-electron chi connectivity index (χ4n) is 2.20. The first kappa shape index (κ1) is 13.3. The van der Waals surface area contributed by atoms with Gasteiger partial charge in [0.15, 0.2) is 10.8 Å². The van der Waals surface area contributed by atoms with Crippen LogP contribution in [0.3, 0.4) is 0 Å². The van der Waals surface area contributed by atoms with Gasteiger partial charge in [-0.25, -0.2) is 9.97 Å². The lowest BCUT2D eigenvalue weighted by atomic mass is 10.2. The Balaban J connectivity index is 1.59. The fourth-order valence-corrected chi connectivity index (χ4v) is 2.47. The molecule has 1 saturated carbocycles. The highest BCUT2D eigenvalue weighted by atomic mass is 32.1. The van der Waals surface area contributed by atoms with Crippen LogP contribution in [0.15, 0.2) is 35.6 Å². The average Bonchev–Trinajstić information content (AvgIpc) is 3.16. The van der Waals surface area contributed by atoms with Crippen molar-refractivity contribution in [1.82, 2.24) is 20.3 Å². The van der Waals surface area contributed by atoms with Crippen molar-refractivity contribution in [3.63, 3.8) is 0 Å². The smallest absolute Gasteiger partial charge is 0.180 e. The van der Waals surface area contributed by atoms with Gasteiger partial charge in [-0.3, -0.25) is 9.98 Å². The number of anilines is 1. The van der Waals surface area contributed by atoms with Crippen molar-refractivity contribution in [2.75, 3.05) is 5.32 Å². The van der Waals surface area contributed by atoms with Gasteiger partial charge in [-0.1, -0.05) is 6.08 Å². The van der Waals surface area contributed by atoms with Crippen LogP contribution in [-0.4, -0.2) is 31.8 Å². The molecule has 3 heterocycles. The molecule has 0 saturated heterocycles. The standard InChI is InChI=1S/C15H14N6S/c22-15(18-9-3-4-9)21-13-6-5-11-14(20-13)19-12(8-17-11)10-2-1-7-16-10/h1,5-9H,2-4H2,(H2,18,19,20,21,22). The maximum absolute atomic E-state index is 5.26. The summed E-state index contributed by atoms with van der Waals surface area (Å²) in [6, 6.07) is 4.25. The van der Waals surface area contributed by atoms with Gasteiger partial charge in [-0.15, -0.1) is 0 Å². The van der Waals surface area contributed by atoms with Gasteiger partial charge in [0, 0.05) is 18.7 Å². The van der Waals surface area contributed by atoms with E-state index < -0.39 is 0 Å². The van der Waals surface area contributed by atoms with Crippen molar-refractivity contribution in [3.8, 4) is 0 Å². The maximum atomic E-state index is 5.26. The van der Waals surface area contributed by atoms with E-state index in [-0.39, 0.29) is 0 Å². The summed E-state index contributed by atoms with van der Waals surface area (Å²) in [6.45, 7) is 0. The molecular formula is C15H14N6S. The number of pyridine rings is 1. The first-order chi connectivity index (χ1) is 10.8. The second kappa shape index (κ2) is 5.42. The summed E-state index contributed by atoms with van der Waals surface area (Å²) in [5, 5.41) is 6.92. The van der Waals surface area contributed by atoms with Gasteiger partial charge < -0.3 is 10.6 Å². The minimum atomic E-state index is 0.514. The molecule has 7 heteroatoms. The second-order valence-electron chi connectivity index (χ2n) is 5.33. The van der Waals surface area contributed by atoms with Gasteiger partial charge in [-0.2, -0.15) is 0 Å². The minimum Gasteiger partial charge on any atom is -0.360 e. The zero-order valence-electron chi connectivity index (χ0n) is 11.8. The lowest BCUT2D eigenvalue weighted by Crippen LogP contribution is -2.30. The minimum absolute atomic E-state index is 0.514. The van der Waals surface area contributed by atoms with Crippen molar-refractivity contribution >= 4 is 40.0 Å². The van der Waals surface area contributed by atoms with Crippen LogP contribution in [0.25, 0.3) is 11.2 Å². The van der Waals surface area contributed by atoms with Crippen LogP contribution < -0.4 is 10.6 Å². The van der Waals surface area contributed by atoms with Gasteiger partial charge >= 0.3 is 0 Å². The Morgan fingerprint density at radius 3 is 2.91 bits per heavy atom. The Morgan fingerprint density at radius 1 is 1.23 bits per heavy atom. The molecule has 1 aliphatic heterocycles. The summed E-state index contributed by atoms with van der Waals surface area (Å²) < 4.78 is 0. The molecule has 0 atom stereocenters. The number of nitrogens with zero attached hydrogens (tertiary/aromatic N) is 4. The van der Waals surface area contributed by atoms with Gasteiger partial charge in [0.25, 0.3) is 0 Å². The number of aliphatic imine (C=N–C) groups is 1. The van der Waals surface area contributed by atoms with E-state index in [9.17, 15) is 0 Å². The number of hydrogen-bond acceptors (Lipinski definition) is 5. The molecule has 1 aliphatic carbocycles. The van der Waals surface area contributed by atoms with E-state index in [1.165, 1.54) is 12.8 Å². The number of hydrogen-bond donors (Lipinski definition) is 2. The van der Waals surface area contributed by atoms with Crippen LogP contribution in [0.5, 0.6) is 0 Å². The van der Waals surface area contributed by atoms with E-state index in [1.807, 2.05) is 18.2 Å². The van der Waals surface area contributed by atoms with Crippen molar-refractivity contribution in [3.05, 3.63) is 36.3 Å². The number of fused-ring (bicyclic) bond motifs is 1. The maximum Gasteiger partial charge on any atom is 0.180 e. The molecule has 2 aliphatic rings. The number of nitrogens with one attached hydrogen (secondary N) is 2. The molecule has 0 bridgehead atoms. The summed E-state index contributed by atoms with van der Waals surface area (Å²) in [6.07, 6.45) is 8.66. The zero-order valence-corrected chi connectivity index (χ0v) is 12.6. The molecule has 0 spiro atoms. The number of rotatable bonds is 3. The zero-order chi connectivity index (χ0) is 14.9. The molecule has 4 rings (SSSR count). The first-order valence-electron chi connectivity index (χ1n) is 7.21. The van der Waals surface area contributed by atoms with E-state index >= 15 is 0 Å². The number of aromatic nitrogens is 3. The predicted octanol–water partition coefficient (Wildman–Crippen LogP) is 2.18. The summed E-state index contributed by atoms with van der Waals surface area (Å²) in [5.41, 5.74) is 3.02. The normalized spacial score (nSPS) is 16.6. The molecule has 1 fully saturated rings. The molecule has 0 radical (unpaired) electrons. The van der Waals surface area contributed by atoms with Crippen LogP contribution in [0.4, 0.5) is 5.82 Å². The van der Waals surface area contributed by atoms with E-state index in [0.29, 0.717) is 22.6 Å². The average molecular weight is 310 g/mol. The van der Waals surface area contributed by atoms with Crippen molar-refractivity contribution in [2.45, 2.75) is 25.3 Å². The van der Waals surface area contributed by atoms with Crippen LogP contribution in [0.2, 0.25) is 0 Å². The van der Waals surface area contributed by atoms with Crippen molar-refractivity contribution < 1.29 is 0 Å². The van der Waals surface area contributed by atoms with Crippen LogP contribution in [0, 0.1) is 0 Å². The third-order valence-electron chi connectivity index (χ3n) is 3.50. The second-order valence-corrected chi connectivity index (χ2v) is 5.74. The van der Waals surface area contributed by atoms with E-state index in [0.717, 1.165) is 23.3 Å². The monoisotopic (exact) mass is 310 g/mol. The van der Waals surface area contributed by atoms with Crippen molar-refractivity contribution in [1.29, 1.82) is 0 Å². The Labute approximate surface area is 132 Å². The lowest BCUT2D eigenvalue weighted by molar-refractivity contribution is 0.918. The van der Waals surface area contributed by atoms with E-state index in [2.05, 4.69) is 30.6 Å². The highest BCUT2D eigenvalue weighted by molar-refractivity contribution is 7.80. The van der Waals surface area contributed by atoms with Gasteiger partial charge in [0.05, 0.1) is 11.9 Å². The van der Waals surface area contributed by atoms with Crippen LogP contribution in [-0.2, 0) is 0 Å². The predicted molar refractivity (Wildman–Crippen MR) is 90.0 cm³/mol. The molecule has 0 aromatic carbocycles. The molecule has 2 aromatic heterocycles. The largest absolute Gasteiger partial charge is 0.360 e. The fraction of sp³-hybridized carbons (Fsp3) is 0.267. The third kappa shape index (κ3) is 2.80. The van der Waals surface area contributed by atoms with E-state index in [1.54, 1.807) is 12.4 Å². The Kier molecular flexibility index (Phi) is 3.27. The van der Waals surface area contributed by atoms with Crippen molar-refractivity contribution in [2.24, 2.45) is 4.99 Å². The quantitative estimate of drug-likeness (QED) is 0.846. The summed E-state index contributed by atoms with van der Waals surface area (Å²) in [4.78, 5) is 17.7. The molecule has 22 heavy (non-hydrogen) atoms. The number of thiocarbonyl (C=S) groups is 1. The molecule has 6 nitrogen and oxygen atoms in total. The summed E-state index contributed by atoms with van der Waals surface area (Å²) in [7, 11) is 0. The number of allylic oxidation sites excluding steroid dienone is 1. The Morgan fingerprint density at radius 2 is 2.14 bits per heavy atom. The Bertz CT molecular complexity index is 809. The van der Waals surface area contributed by atoms with Gasteiger partial charge in [-0.05, 0) is 37.2 Å². The Hall–Kier alpha value is -2.41. The molecular weight excluding hydrogens is 296 g/mol. The van der Waals surface area contributed by atoms with Crippen LogP contribution in [0.1, 0.15) is 25.0 Å². The molecule has 110 valence electrons. The molecule has 0 amide bonds. The molecule has 2 aromatic rings. The highest BCUT2D eigenvalue weighted by Gasteiger charge is 2.21. The first-order valence-corrected chi connectivity index (χ1v) is 7.62. The third-order valence-corrected chi connectivity index (χ3v) is 3.72. The SMILES string of the molecule is S=C(Nc1ccc2ncc(C3=NC=CC3)nc2n1)NC1CC1.